The summed E-state index contributed by atoms with van der Waals surface area (Å²) in [6.07, 6.45) is 0.583. The highest BCUT2D eigenvalue weighted by Crippen LogP contribution is 2.09. The highest BCUT2D eigenvalue weighted by molar-refractivity contribution is 4.79. The van der Waals surface area contributed by atoms with Gasteiger partial charge in [0.1, 0.15) is 0 Å². The Balaban J connectivity index is 0.000000282. The third-order valence-corrected chi connectivity index (χ3v) is 3.58. The van der Waals surface area contributed by atoms with Crippen molar-refractivity contribution in [1.82, 2.24) is 19.6 Å². The predicted octanol–water partition coefficient (Wildman–Crippen LogP) is 0.783. The lowest BCUT2D eigenvalue weighted by atomic mass is 10.5. The quantitative estimate of drug-likeness (QED) is 0.603. The molecule has 3 unspecified atom stereocenters. The predicted molar refractivity (Wildman–Crippen MR) is 103 cm³/mol. The molecule has 0 radical (unpaired) electrons. The fourth-order valence-electron chi connectivity index (χ4n) is 1.22. The summed E-state index contributed by atoms with van der Waals surface area (Å²) in [7, 11) is 12.4. The van der Waals surface area contributed by atoms with Crippen LogP contribution in [0.25, 0.3) is 0 Å². The molecule has 146 valence electrons. The van der Waals surface area contributed by atoms with Crippen LogP contribution in [-0.4, -0.2) is 127 Å². The molecular weight excluding hydrogens is 304 g/mol. The third kappa shape index (κ3) is 24.0. The molecule has 4 aliphatic rings. The highest BCUT2D eigenvalue weighted by atomic mass is 16.6. The fraction of sp³-hybridized carbons (Fsp3) is 1.00. The van der Waals surface area contributed by atoms with Gasteiger partial charge < -0.3 is 29.1 Å². The van der Waals surface area contributed by atoms with E-state index in [1.807, 2.05) is 26.0 Å². The first kappa shape index (κ1) is 23.8. The second-order valence-electron chi connectivity index (χ2n) is 7.49. The Kier molecular flexibility index (Phi) is 13.8. The van der Waals surface area contributed by atoms with E-state index in [-0.39, 0.29) is 0 Å². The van der Waals surface area contributed by atoms with Crippen molar-refractivity contribution in [2.24, 2.45) is 0 Å². The van der Waals surface area contributed by atoms with Crippen molar-refractivity contribution in [2.75, 3.05) is 94.8 Å². The zero-order valence-electron chi connectivity index (χ0n) is 17.4. The van der Waals surface area contributed by atoms with Crippen LogP contribution in [0.1, 0.15) is 13.8 Å². The van der Waals surface area contributed by atoms with Crippen LogP contribution in [0.3, 0.4) is 0 Å². The van der Waals surface area contributed by atoms with Gasteiger partial charge in [0.2, 0.25) is 0 Å². The molecule has 4 aliphatic heterocycles. The average molecular weight is 347 g/mol. The van der Waals surface area contributed by atoms with Crippen molar-refractivity contribution in [3.63, 3.8) is 0 Å². The summed E-state index contributed by atoms with van der Waals surface area (Å²) < 4.78 is 9.81. The summed E-state index contributed by atoms with van der Waals surface area (Å²) in [6, 6.07) is 0.884. The van der Waals surface area contributed by atoms with Crippen LogP contribution in [0.15, 0.2) is 0 Å². The first-order valence-electron chi connectivity index (χ1n) is 9.10. The molecule has 0 bridgehead atoms. The Bertz CT molecular complexity index is 259. The summed E-state index contributed by atoms with van der Waals surface area (Å²) in [6.45, 7) is 13.2. The van der Waals surface area contributed by atoms with Crippen molar-refractivity contribution in [3.05, 3.63) is 0 Å². The van der Waals surface area contributed by atoms with E-state index in [1.165, 1.54) is 19.6 Å². The molecule has 4 rings (SSSR count). The van der Waals surface area contributed by atoms with Gasteiger partial charge in [-0.15, -0.1) is 0 Å². The zero-order valence-corrected chi connectivity index (χ0v) is 17.4. The Hall–Kier alpha value is -0.240. The van der Waals surface area contributed by atoms with Crippen molar-refractivity contribution >= 4 is 0 Å². The smallest absolute Gasteiger partial charge is 0.0781 e. The van der Waals surface area contributed by atoms with Crippen molar-refractivity contribution < 1.29 is 9.47 Å². The van der Waals surface area contributed by atoms with Crippen molar-refractivity contribution in [1.29, 1.82) is 0 Å². The van der Waals surface area contributed by atoms with E-state index in [4.69, 9.17) is 9.47 Å². The standard InChI is InChI=1S/C5H11NO.C4H9N.C3H7N.C3H9N.C3H6O/c1-6-2-4-7-5-3-6;1-4-3-5(4)2;1-4-2-3-4;1-4(2)3;1-3-2-4-3/h2-5H2,1H3;4H,3H2,1-2H3;2-3H2,1H3;1-3H3;3H,2H2,1H3. The number of ether oxygens (including phenoxy) is 2. The van der Waals surface area contributed by atoms with Crippen LogP contribution in [0, 0.1) is 0 Å². The van der Waals surface area contributed by atoms with Gasteiger partial charge in [-0.05, 0) is 56.1 Å². The Morgan fingerprint density at radius 1 is 0.833 bits per heavy atom. The minimum Gasteiger partial charge on any atom is -0.379 e. The van der Waals surface area contributed by atoms with Crippen LogP contribution >= 0.6 is 0 Å². The third-order valence-electron chi connectivity index (χ3n) is 3.58. The normalized spacial score (nSPS) is 30.1. The molecule has 0 N–H and O–H groups in total. The average Bonchev–Trinajstić information content (AvgIpc) is 3.40. The molecule has 0 aromatic heterocycles. The van der Waals surface area contributed by atoms with Gasteiger partial charge in [0.25, 0.3) is 0 Å². The molecule has 0 aliphatic carbocycles. The summed E-state index contributed by atoms with van der Waals surface area (Å²) in [5.41, 5.74) is 0. The van der Waals surface area contributed by atoms with Crippen LogP contribution in [0.5, 0.6) is 0 Å². The first-order valence-corrected chi connectivity index (χ1v) is 9.10. The molecule has 24 heavy (non-hydrogen) atoms. The number of hydrogen-bond acceptors (Lipinski definition) is 6. The lowest BCUT2D eigenvalue weighted by molar-refractivity contribution is 0.0503. The fourth-order valence-corrected chi connectivity index (χ4v) is 1.22. The maximum atomic E-state index is 5.10. The van der Waals surface area contributed by atoms with Gasteiger partial charge in [-0.1, -0.05) is 0 Å². The number of morpholine rings is 1. The number of rotatable bonds is 0. The molecular formula is C18H42N4O2. The minimum absolute atomic E-state index is 0.583. The molecule has 0 spiro atoms. The number of epoxide rings is 1. The van der Waals surface area contributed by atoms with E-state index in [0.29, 0.717) is 6.10 Å². The van der Waals surface area contributed by atoms with Gasteiger partial charge in [-0.3, -0.25) is 0 Å². The zero-order chi connectivity index (χ0) is 18.5. The summed E-state index contributed by atoms with van der Waals surface area (Å²) >= 11 is 0. The van der Waals surface area contributed by atoms with Gasteiger partial charge in [0.15, 0.2) is 0 Å². The molecule has 0 aromatic carbocycles. The van der Waals surface area contributed by atoms with Crippen LogP contribution < -0.4 is 0 Å². The van der Waals surface area contributed by atoms with E-state index in [1.54, 1.807) is 0 Å². The van der Waals surface area contributed by atoms with Gasteiger partial charge in [0.05, 0.1) is 25.9 Å². The molecule has 6 nitrogen and oxygen atoms in total. The molecule has 3 atom stereocenters. The van der Waals surface area contributed by atoms with Gasteiger partial charge in [0, 0.05) is 38.8 Å². The van der Waals surface area contributed by atoms with E-state index in [0.717, 1.165) is 39.0 Å². The van der Waals surface area contributed by atoms with Gasteiger partial charge in [-0.2, -0.15) is 0 Å². The van der Waals surface area contributed by atoms with Gasteiger partial charge >= 0.3 is 0 Å². The topological polar surface area (TPSA) is 34.3 Å². The maximum Gasteiger partial charge on any atom is 0.0781 e. The molecule has 0 aromatic rings. The second-order valence-corrected chi connectivity index (χ2v) is 7.49. The van der Waals surface area contributed by atoms with E-state index in [2.05, 4.69) is 49.7 Å². The summed E-state index contributed by atoms with van der Waals surface area (Å²) in [5.74, 6) is 0. The van der Waals surface area contributed by atoms with Crippen LogP contribution in [0.2, 0.25) is 0 Å². The SMILES string of the molecule is CC1CN1C.CC1CO1.CN(C)C.CN1CC1.CN1CCOCC1. The van der Waals surface area contributed by atoms with E-state index < -0.39 is 0 Å². The molecule has 0 amide bonds. The van der Waals surface area contributed by atoms with Crippen molar-refractivity contribution in [3.8, 4) is 0 Å². The van der Waals surface area contributed by atoms with Gasteiger partial charge in [-0.25, -0.2) is 0 Å². The summed E-state index contributed by atoms with van der Waals surface area (Å²) in [4.78, 5) is 8.81. The lowest BCUT2D eigenvalue weighted by Gasteiger charge is -2.21. The Labute approximate surface area is 150 Å². The molecule has 6 heteroatoms. The maximum absolute atomic E-state index is 5.10. The van der Waals surface area contributed by atoms with E-state index in [9.17, 15) is 0 Å². The Morgan fingerprint density at radius 2 is 1.08 bits per heavy atom. The first-order chi connectivity index (χ1) is 11.2. The summed E-state index contributed by atoms with van der Waals surface area (Å²) in [5, 5.41) is 0. The largest absolute Gasteiger partial charge is 0.379 e. The van der Waals surface area contributed by atoms with Crippen LogP contribution in [-0.2, 0) is 9.47 Å². The number of nitrogens with zero attached hydrogens (tertiary/aromatic N) is 4. The highest BCUT2D eigenvalue weighted by Gasteiger charge is 2.22. The second kappa shape index (κ2) is 14.0. The Morgan fingerprint density at radius 3 is 1.17 bits per heavy atom. The monoisotopic (exact) mass is 346 g/mol. The molecule has 4 saturated heterocycles. The lowest BCUT2D eigenvalue weighted by Crippen LogP contribution is -2.32. The van der Waals surface area contributed by atoms with E-state index >= 15 is 0 Å². The number of hydrogen-bond donors (Lipinski definition) is 0. The molecule has 4 fully saturated rings. The molecule has 4 heterocycles. The van der Waals surface area contributed by atoms with Crippen molar-refractivity contribution in [2.45, 2.75) is 26.0 Å². The van der Waals surface area contributed by atoms with Crippen LogP contribution in [0.4, 0.5) is 0 Å². The minimum atomic E-state index is 0.583. The number of likely N-dealkylation sites (N-methyl/N-ethyl adjacent to an activating group) is 3. The molecule has 0 saturated carbocycles.